The summed E-state index contributed by atoms with van der Waals surface area (Å²) in [7, 11) is 0. The summed E-state index contributed by atoms with van der Waals surface area (Å²) >= 11 is 0. The van der Waals surface area contributed by atoms with E-state index in [1.165, 1.54) is 20.8 Å². The SMILES string of the molecule is CC(C)(C)C(=O)c1c(F)cc(F)cc1F. The average molecular weight is 216 g/mol. The van der Waals surface area contributed by atoms with Crippen LogP contribution >= 0.6 is 0 Å². The molecule has 0 bridgehead atoms. The molecule has 0 fully saturated rings. The second kappa shape index (κ2) is 3.68. The molecule has 0 saturated carbocycles. The van der Waals surface area contributed by atoms with E-state index in [-0.39, 0.29) is 0 Å². The molecule has 0 amide bonds. The van der Waals surface area contributed by atoms with Gasteiger partial charge in [0.25, 0.3) is 0 Å². The van der Waals surface area contributed by atoms with Crippen molar-refractivity contribution in [3.63, 3.8) is 0 Å². The Bertz CT molecular complexity index is 382. The Labute approximate surface area is 85.9 Å². The third kappa shape index (κ3) is 2.37. The lowest BCUT2D eigenvalue weighted by Gasteiger charge is -2.17. The zero-order chi connectivity index (χ0) is 11.8. The molecule has 15 heavy (non-hydrogen) atoms. The summed E-state index contributed by atoms with van der Waals surface area (Å²) in [4.78, 5) is 11.6. The molecule has 0 atom stereocenters. The third-order valence-corrected chi connectivity index (χ3v) is 1.92. The number of carbonyl (C=O) groups is 1. The molecule has 0 aliphatic heterocycles. The van der Waals surface area contributed by atoms with Crippen LogP contribution in [0.3, 0.4) is 0 Å². The quantitative estimate of drug-likeness (QED) is 0.658. The van der Waals surface area contributed by atoms with Crippen LogP contribution in [-0.4, -0.2) is 5.78 Å². The van der Waals surface area contributed by atoms with Crippen LogP contribution in [0.4, 0.5) is 13.2 Å². The van der Waals surface area contributed by atoms with Gasteiger partial charge in [-0.2, -0.15) is 0 Å². The van der Waals surface area contributed by atoms with Crippen molar-refractivity contribution in [3.8, 4) is 0 Å². The molecule has 0 aliphatic rings. The standard InChI is InChI=1S/C11H11F3O/c1-11(2,3)10(15)9-7(13)4-6(12)5-8(9)14/h4-5H,1-3H3. The highest BCUT2D eigenvalue weighted by Crippen LogP contribution is 2.25. The van der Waals surface area contributed by atoms with Crippen LogP contribution in [0.1, 0.15) is 31.1 Å². The summed E-state index contributed by atoms with van der Waals surface area (Å²) in [6.45, 7) is 4.62. The first-order valence-electron chi connectivity index (χ1n) is 4.43. The normalized spacial score (nSPS) is 11.6. The van der Waals surface area contributed by atoms with Gasteiger partial charge in [0.15, 0.2) is 5.78 Å². The van der Waals surface area contributed by atoms with Crippen LogP contribution in [0.15, 0.2) is 12.1 Å². The molecule has 4 heteroatoms. The maximum atomic E-state index is 13.2. The molecule has 82 valence electrons. The molecule has 1 rings (SSSR count). The minimum atomic E-state index is -1.16. The molecule has 0 N–H and O–H groups in total. The van der Waals surface area contributed by atoms with Crippen molar-refractivity contribution in [1.82, 2.24) is 0 Å². The fraction of sp³-hybridized carbons (Fsp3) is 0.364. The number of hydrogen-bond donors (Lipinski definition) is 0. The van der Waals surface area contributed by atoms with E-state index >= 15 is 0 Å². The molecular formula is C11H11F3O. The molecule has 0 aliphatic carbocycles. The summed E-state index contributed by atoms with van der Waals surface area (Å²) in [6.07, 6.45) is 0. The number of benzene rings is 1. The molecule has 0 unspecified atom stereocenters. The first-order chi connectivity index (χ1) is 6.73. The summed E-state index contributed by atoms with van der Waals surface area (Å²) in [5.74, 6) is -4.03. The van der Waals surface area contributed by atoms with Crippen LogP contribution in [0.2, 0.25) is 0 Å². The Hall–Kier alpha value is -1.32. The smallest absolute Gasteiger partial charge is 0.174 e. The van der Waals surface area contributed by atoms with Gasteiger partial charge in [-0.15, -0.1) is 0 Å². The first-order valence-corrected chi connectivity index (χ1v) is 4.43. The predicted molar refractivity (Wildman–Crippen MR) is 50.1 cm³/mol. The monoisotopic (exact) mass is 216 g/mol. The van der Waals surface area contributed by atoms with Gasteiger partial charge in [-0.25, -0.2) is 13.2 Å². The number of carbonyl (C=O) groups excluding carboxylic acids is 1. The van der Waals surface area contributed by atoms with Gasteiger partial charge in [0, 0.05) is 17.5 Å². The Morgan fingerprint density at radius 1 is 1.07 bits per heavy atom. The molecule has 1 aromatic carbocycles. The number of halogens is 3. The van der Waals surface area contributed by atoms with Gasteiger partial charge in [0.2, 0.25) is 0 Å². The van der Waals surface area contributed by atoms with E-state index in [2.05, 4.69) is 0 Å². The Kier molecular flexibility index (Phi) is 2.88. The van der Waals surface area contributed by atoms with Crippen molar-refractivity contribution in [2.45, 2.75) is 20.8 Å². The fourth-order valence-electron chi connectivity index (χ4n) is 1.13. The number of ketones is 1. The van der Waals surface area contributed by atoms with E-state index < -0.39 is 34.2 Å². The number of Topliss-reactive ketones (excluding diaryl/α,β-unsaturated/α-hetero) is 1. The van der Waals surface area contributed by atoms with Gasteiger partial charge in [-0.1, -0.05) is 20.8 Å². The summed E-state index contributed by atoms with van der Waals surface area (Å²) < 4.78 is 39.0. The maximum Gasteiger partial charge on any atom is 0.174 e. The molecule has 1 nitrogen and oxygen atoms in total. The second-order valence-corrected chi connectivity index (χ2v) is 4.32. The largest absolute Gasteiger partial charge is 0.293 e. The van der Waals surface area contributed by atoms with Gasteiger partial charge in [0.1, 0.15) is 17.5 Å². The van der Waals surface area contributed by atoms with E-state index in [9.17, 15) is 18.0 Å². The van der Waals surface area contributed by atoms with Crippen LogP contribution in [-0.2, 0) is 0 Å². The highest BCUT2D eigenvalue weighted by atomic mass is 19.1. The van der Waals surface area contributed by atoms with Crippen molar-refractivity contribution < 1.29 is 18.0 Å². The summed E-state index contributed by atoms with van der Waals surface area (Å²) in [5.41, 5.74) is -1.58. The fourth-order valence-corrected chi connectivity index (χ4v) is 1.13. The lowest BCUT2D eigenvalue weighted by atomic mass is 9.86. The highest BCUT2D eigenvalue weighted by Gasteiger charge is 2.28. The van der Waals surface area contributed by atoms with Gasteiger partial charge in [0.05, 0.1) is 5.56 Å². The van der Waals surface area contributed by atoms with Crippen LogP contribution in [0, 0.1) is 22.9 Å². The first kappa shape index (κ1) is 11.8. The van der Waals surface area contributed by atoms with Crippen LogP contribution in [0.25, 0.3) is 0 Å². The molecular weight excluding hydrogens is 205 g/mol. The van der Waals surface area contributed by atoms with Crippen molar-refractivity contribution in [2.75, 3.05) is 0 Å². The Morgan fingerprint density at radius 3 is 1.80 bits per heavy atom. The van der Waals surface area contributed by atoms with E-state index in [1.54, 1.807) is 0 Å². The van der Waals surface area contributed by atoms with Crippen LogP contribution < -0.4 is 0 Å². The van der Waals surface area contributed by atoms with E-state index in [0.717, 1.165) is 0 Å². The molecule has 0 spiro atoms. The minimum Gasteiger partial charge on any atom is -0.293 e. The zero-order valence-corrected chi connectivity index (χ0v) is 8.70. The highest BCUT2D eigenvalue weighted by molar-refractivity contribution is 6.00. The van der Waals surface area contributed by atoms with Gasteiger partial charge < -0.3 is 0 Å². The van der Waals surface area contributed by atoms with Gasteiger partial charge in [-0.05, 0) is 0 Å². The minimum absolute atomic E-state index is 0.502. The topological polar surface area (TPSA) is 17.1 Å². The summed E-state index contributed by atoms with van der Waals surface area (Å²) in [5, 5.41) is 0. The lowest BCUT2D eigenvalue weighted by molar-refractivity contribution is 0.0849. The van der Waals surface area contributed by atoms with Gasteiger partial charge in [-0.3, -0.25) is 4.79 Å². The Morgan fingerprint density at radius 2 is 1.47 bits per heavy atom. The predicted octanol–water partition coefficient (Wildman–Crippen LogP) is 3.33. The zero-order valence-electron chi connectivity index (χ0n) is 8.70. The molecule has 1 aromatic rings. The van der Waals surface area contributed by atoms with Crippen molar-refractivity contribution >= 4 is 5.78 Å². The van der Waals surface area contributed by atoms with Crippen molar-refractivity contribution in [3.05, 3.63) is 35.1 Å². The van der Waals surface area contributed by atoms with E-state index in [1.807, 2.05) is 0 Å². The lowest BCUT2D eigenvalue weighted by Crippen LogP contribution is -2.23. The average Bonchev–Trinajstić information content (AvgIpc) is 1.99. The van der Waals surface area contributed by atoms with E-state index in [0.29, 0.717) is 12.1 Å². The molecule has 0 saturated heterocycles. The summed E-state index contributed by atoms with van der Waals surface area (Å²) in [6, 6.07) is 1.00. The Balaban J connectivity index is 3.33. The maximum absolute atomic E-state index is 13.2. The van der Waals surface area contributed by atoms with E-state index in [4.69, 9.17) is 0 Å². The molecule has 0 aromatic heterocycles. The molecule has 0 radical (unpaired) electrons. The number of rotatable bonds is 1. The van der Waals surface area contributed by atoms with Crippen molar-refractivity contribution in [1.29, 1.82) is 0 Å². The van der Waals surface area contributed by atoms with Crippen LogP contribution in [0.5, 0.6) is 0 Å². The van der Waals surface area contributed by atoms with Gasteiger partial charge >= 0.3 is 0 Å². The molecule has 0 heterocycles. The second-order valence-electron chi connectivity index (χ2n) is 4.32. The van der Waals surface area contributed by atoms with Crippen molar-refractivity contribution in [2.24, 2.45) is 5.41 Å². The number of hydrogen-bond acceptors (Lipinski definition) is 1. The third-order valence-electron chi connectivity index (χ3n) is 1.92.